The third-order valence-electron chi connectivity index (χ3n) is 2.97. The molecule has 0 aliphatic rings. The fourth-order valence-corrected chi connectivity index (χ4v) is 2.17. The van der Waals surface area contributed by atoms with Crippen molar-refractivity contribution >= 4 is 11.5 Å². The minimum Gasteiger partial charge on any atom is -0.138 e. The van der Waals surface area contributed by atoms with Gasteiger partial charge in [-0.15, -0.1) is 5.10 Å². The Morgan fingerprint density at radius 2 is 1.73 bits per heavy atom. The second-order valence-corrected chi connectivity index (χ2v) is 4.82. The molecule has 0 saturated heterocycles. The van der Waals surface area contributed by atoms with E-state index >= 15 is 0 Å². The lowest BCUT2D eigenvalue weighted by molar-refractivity contribution is 1.14. The fourth-order valence-electron chi connectivity index (χ4n) is 1.69. The molecule has 0 radical (unpaired) electrons. The molecule has 1 aromatic carbocycles. The summed E-state index contributed by atoms with van der Waals surface area (Å²) < 4.78 is 3.98. The van der Waals surface area contributed by atoms with E-state index in [1.807, 2.05) is 0 Å². The predicted molar refractivity (Wildman–Crippen MR) is 64.3 cm³/mol. The first kappa shape index (κ1) is 10.3. The minimum atomic E-state index is 1.03. The van der Waals surface area contributed by atoms with Gasteiger partial charge < -0.3 is 0 Å². The standard InChI is InChI=1S/C12H14N2S/c1-7-5-6-11(9(3)8(7)2)12-10(4)15-14-13-12/h5-6H,1-4H3. The van der Waals surface area contributed by atoms with Crippen LogP contribution < -0.4 is 0 Å². The summed E-state index contributed by atoms with van der Waals surface area (Å²) in [5, 5.41) is 4.19. The van der Waals surface area contributed by atoms with Crippen LogP contribution >= 0.6 is 11.5 Å². The summed E-state index contributed by atoms with van der Waals surface area (Å²) in [6.45, 7) is 8.51. The Morgan fingerprint density at radius 1 is 1.00 bits per heavy atom. The zero-order chi connectivity index (χ0) is 11.0. The van der Waals surface area contributed by atoms with Crippen LogP contribution in [0.1, 0.15) is 21.6 Å². The Hall–Kier alpha value is -1.22. The van der Waals surface area contributed by atoms with E-state index in [0.29, 0.717) is 0 Å². The highest BCUT2D eigenvalue weighted by Crippen LogP contribution is 2.29. The highest BCUT2D eigenvalue weighted by Gasteiger charge is 2.11. The van der Waals surface area contributed by atoms with Crippen LogP contribution in [0, 0.1) is 27.7 Å². The van der Waals surface area contributed by atoms with Crippen molar-refractivity contribution in [2.75, 3.05) is 0 Å². The van der Waals surface area contributed by atoms with Crippen LogP contribution in [0.25, 0.3) is 11.3 Å². The normalized spacial score (nSPS) is 10.7. The van der Waals surface area contributed by atoms with E-state index in [4.69, 9.17) is 0 Å². The van der Waals surface area contributed by atoms with Crippen molar-refractivity contribution in [1.82, 2.24) is 9.59 Å². The van der Waals surface area contributed by atoms with Crippen LogP contribution in [0.15, 0.2) is 12.1 Å². The van der Waals surface area contributed by atoms with Crippen LogP contribution in [0.4, 0.5) is 0 Å². The van der Waals surface area contributed by atoms with Gasteiger partial charge in [0.05, 0.1) is 4.88 Å². The van der Waals surface area contributed by atoms with E-state index in [1.54, 1.807) is 0 Å². The summed E-state index contributed by atoms with van der Waals surface area (Å²) in [5.41, 5.74) is 6.23. The van der Waals surface area contributed by atoms with Gasteiger partial charge in [-0.2, -0.15) is 0 Å². The number of benzene rings is 1. The lowest BCUT2D eigenvalue weighted by Gasteiger charge is -2.09. The van der Waals surface area contributed by atoms with Gasteiger partial charge in [0.25, 0.3) is 0 Å². The molecule has 0 unspecified atom stereocenters. The number of hydrogen-bond acceptors (Lipinski definition) is 3. The van der Waals surface area contributed by atoms with Crippen LogP contribution in [-0.4, -0.2) is 9.59 Å². The molecule has 2 nitrogen and oxygen atoms in total. The second-order valence-electron chi connectivity index (χ2n) is 3.86. The molecular formula is C12H14N2S. The smallest absolute Gasteiger partial charge is 0.109 e. The van der Waals surface area contributed by atoms with Crippen molar-refractivity contribution in [3.63, 3.8) is 0 Å². The number of aromatic nitrogens is 2. The zero-order valence-corrected chi connectivity index (χ0v) is 10.3. The van der Waals surface area contributed by atoms with Crippen molar-refractivity contribution in [2.24, 2.45) is 0 Å². The summed E-state index contributed by atoms with van der Waals surface area (Å²) in [4.78, 5) is 1.18. The van der Waals surface area contributed by atoms with Crippen molar-refractivity contribution in [2.45, 2.75) is 27.7 Å². The quantitative estimate of drug-likeness (QED) is 0.732. The molecule has 1 aromatic heterocycles. The molecule has 0 bridgehead atoms. The van der Waals surface area contributed by atoms with E-state index in [9.17, 15) is 0 Å². The number of aryl methyl sites for hydroxylation is 2. The molecule has 0 aliphatic heterocycles. The SMILES string of the molecule is Cc1ccc(-c2nnsc2C)c(C)c1C. The molecule has 78 valence electrons. The molecule has 2 aromatic rings. The second kappa shape index (κ2) is 3.74. The lowest BCUT2D eigenvalue weighted by Crippen LogP contribution is -1.92. The molecule has 0 fully saturated rings. The molecule has 0 saturated carbocycles. The van der Waals surface area contributed by atoms with E-state index in [1.165, 1.54) is 38.7 Å². The molecule has 1 heterocycles. The molecule has 0 aliphatic carbocycles. The first-order chi connectivity index (χ1) is 7.11. The van der Waals surface area contributed by atoms with Gasteiger partial charge in [0.15, 0.2) is 0 Å². The molecule has 0 N–H and O–H groups in total. The molecular weight excluding hydrogens is 204 g/mol. The Balaban J connectivity index is 2.65. The molecule has 15 heavy (non-hydrogen) atoms. The van der Waals surface area contributed by atoms with Crippen LogP contribution in [0.2, 0.25) is 0 Å². The van der Waals surface area contributed by atoms with Crippen molar-refractivity contribution in [3.05, 3.63) is 33.7 Å². The summed E-state index contributed by atoms with van der Waals surface area (Å²) >= 11 is 1.46. The summed E-state index contributed by atoms with van der Waals surface area (Å²) in [5.74, 6) is 0. The summed E-state index contributed by atoms with van der Waals surface area (Å²) in [6, 6.07) is 4.29. The third-order valence-corrected chi connectivity index (χ3v) is 3.60. The molecule has 0 atom stereocenters. The Morgan fingerprint density at radius 3 is 2.33 bits per heavy atom. The monoisotopic (exact) mass is 218 g/mol. The lowest BCUT2D eigenvalue weighted by atomic mass is 9.97. The number of rotatable bonds is 1. The van der Waals surface area contributed by atoms with Gasteiger partial charge in [0.1, 0.15) is 5.69 Å². The van der Waals surface area contributed by atoms with Gasteiger partial charge in [0.2, 0.25) is 0 Å². The predicted octanol–water partition coefficient (Wildman–Crippen LogP) is 3.44. The zero-order valence-electron chi connectivity index (χ0n) is 9.46. The minimum absolute atomic E-state index is 1.03. The van der Waals surface area contributed by atoms with Gasteiger partial charge in [-0.1, -0.05) is 16.6 Å². The maximum absolute atomic E-state index is 4.19. The Kier molecular flexibility index (Phi) is 2.57. The third kappa shape index (κ3) is 1.67. The maximum atomic E-state index is 4.19. The maximum Gasteiger partial charge on any atom is 0.109 e. The Labute approximate surface area is 94.1 Å². The molecule has 3 heteroatoms. The summed E-state index contributed by atoms with van der Waals surface area (Å²) in [7, 11) is 0. The largest absolute Gasteiger partial charge is 0.138 e. The van der Waals surface area contributed by atoms with E-state index in [2.05, 4.69) is 49.4 Å². The summed E-state index contributed by atoms with van der Waals surface area (Å²) in [6.07, 6.45) is 0. The van der Waals surface area contributed by atoms with Gasteiger partial charge >= 0.3 is 0 Å². The number of hydrogen-bond donors (Lipinski definition) is 0. The highest BCUT2D eigenvalue weighted by molar-refractivity contribution is 7.05. The average molecular weight is 218 g/mol. The topological polar surface area (TPSA) is 25.8 Å². The van der Waals surface area contributed by atoms with Crippen molar-refractivity contribution in [1.29, 1.82) is 0 Å². The van der Waals surface area contributed by atoms with Gasteiger partial charge in [-0.05, 0) is 55.9 Å². The van der Waals surface area contributed by atoms with E-state index < -0.39 is 0 Å². The van der Waals surface area contributed by atoms with Crippen LogP contribution in [0.5, 0.6) is 0 Å². The van der Waals surface area contributed by atoms with E-state index in [0.717, 1.165) is 5.69 Å². The first-order valence-electron chi connectivity index (χ1n) is 4.97. The molecule has 0 amide bonds. The first-order valence-corrected chi connectivity index (χ1v) is 5.74. The van der Waals surface area contributed by atoms with Gasteiger partial charge in [-0.3, -0.25) is 0 Å². The average Bonchev–Trinajstić information content (AvgIpc) is 2.62. The molecule has 0 spiro atoms. The van der Waals surface area contributed by atoms with Crippen molar-refractivity contribution in [3.8, 4) is 11.3 Å². The van der Waals surface area contributed by atoms with E-state index in [-0.39, 0.29) is 0 Å². The van der Waals surface area contributed by atoms with Crippen LogP contribution in [0.3, 0.4) is 0 Å². The van der Waals surface area contributed by atoms with Gasteiger partial charge in [-0.25, -0.2) is 0 Å². The fraction of sp³-hybridized carbons (Fsp3) is 0.333. The Bertz CT molecular complexity index is 500. The molecule has 2 rings (SSSR count). The number of nitrogens with zero attached hydrogens (tertiary/aromatic N) is 2. The highest BCUT2D eigenvalue weighted by atomic mass is 32.1. The van der Waals surface area contributed by atoms with Crippen LogP contribution in [-0.2, 0) is 0 Å². The van der Waals surface area contributed by atoms with Crippen molar-refractivity contribution < 1.29 is 0 Å². The van der Waals surface area contributed by atoms with Gasteiger partial charge in [0, 0.05) is 5.56 Å².